The van der Waals surface area contributed by atoms with Gasteiger partial charge < -0.3 is 20.5 Å². The van der Waals surface area contributed by atoms with E-state index in [-0.39, 0.29) is 24.1 Å². The predicted octanol–water partition coefficient (Wildman–Crippen LogP) is 0.314. The summed E-state index contributed by atoms with van der Waals surface area (Å²) >= 11 is 5.91. The summed E-state index contributed by atoms with van der Waals surface area (Å²) in [6.45, 7) is -0.275. The zero-order chi connectivity index (χ0) is 14.4. The normalized spacial score (nSPS) is 30.2. The fourth-order valence-electron chi connectivity index (χ4n) is 2.66. The summed E-state index contributed by atoms with van der Waals surface area (Å²) in [5.74, 6) is -0.543. The number of aromatic nitrogens is 4. The first-order valence-corrected chi connectivity index (χ1v) is 6.49. The van der Waals surface area contributed by atoms with Crippen molar-refractivity contribution in [2.24, 2.45) is 5.92 Å². The van der Waals surface area contributed by atoms with Gasteiger partial charge in [-0.15, -0.1) is 0 Å². The summed E-state index contributed by atoms with van der Waals surface area (Å²) in [6.07, 6.45) is -1.04. The molecule has 0 amide bonds. The Bertz CT molecular complexity index is 651. The van der Waals surface area contributed by atoms with Crippen molar-refractivity contribution in [3.63, 3.8) is 0 Å². The molecule has 0 radical (unpaired) electrons. The molecular weight excluding hydrogens is 289 g/mol. The first kappa shape index (κ1) is 13.5. The quantitative estimate of drug-likeness (QED) is 0.689. The summed E-state index contributed by atoms with van der Waals surface area (Å²) in [5, 5.41) is 19.0. The second-order valence-electron chi connectivity index (χ2n) is 4.88. The second kappa shape index (κ2) is 4.80. The summed E-state index contributed by atoms with van der Waals surface area (Å²) in [6, 6.07) is -0.669. The Balaban J connectivity index is 2.07. The highest BCUT2D eigenvalue weighted by Gasteiger charge is 2.44. The molecule has 1 saturated carbocycles. The third-order valence-electron chi connectivity index (χ3n) is 3.71. The van der Waals surface area contributed by atoms with Crippen LogP contribution in [0, 0.1) is 5.92 Å². The smallest absolute Gasteiger partial charge is 0.223 e. The summed E-state index contributed by atoms with van der Waals surface area (Å²) < 4.78 is 15.7. The molecule has 2 aromatic rings. The number of nitrogen functional groups attached to an aromatic ring is 1. The van der Waals surface area contributed by atoms with Crippen molar-refractivity contribution in [2.45, 2.75) is 24.7 Å². The van der Waals surface area contributed by atoms with Crippen molar-refractivity contribution in [1.82, 2.24) is 19.5 Å². The molecule has 0 unspecified atom stereocenters. The lowest BCUT2D eigenvalue weighted by atomic mass is 10.1. The van der Waals surface area contributed by atoms with Crippen LogP contribution in [0.3, 0.4) is 0 Å². The largest absolute Gasteiger partial charge is 0.396 e. The van der Waals surface area contributed by atoms with E-state index in [0.29, 0.717) is 11.2 Å². The van der Waals surface area contributed by atoms with E-state index < -0.39 is 24.2 Å². The minimum absolute atomic E-state index is 0.0306. The molecule has 1 fully saturated rings. The molecule has 108 valence electrons. The average Bonchev–Trinajstić information content (AvgIpc) is 2.93. The molecule has 0 saturated heterocycles. The first-order chi connectivity index (χ1) is 9.52. The average molecular weight is 302 g/mol. The number of nitrogens with two attached hydrogens (primary N) is 1. The number of aliphatic hydroxyl groups excluding tert-OH is 2. The molecule has 20 heavy (non-hydrogen) atoms. The number of fused-ring (bicyclic) bond motifs is 1. The lowest BCUT2D eigenvalue weighted by molar-refractivity contribution is 0.0400. The number of hydrogen-bond acceptors (Lipinski definition) is 6. The fourth-order valence-corrected chi connectivity index (χ4v) is 2.88. The molecule has 0 aromatic carbocycles. The molecule has 9 heteroatoms. The van der Waals surface area contributed by atoms with Crippen LogP contribution in [0.15, 0.2) is 6.33 Å². The van der Waals surface area contributed by atoms with Gasteiger partial charge in [-0.3, -0.25) is 0 Å². The molecule has 0 aliphatic heterocycles. The van der Waals surface area contributed by atoms with Crippen LogP contribution < -0.4 is 5.73 Å². The third-order valence-corrected chi connectivity index (χ3v) is 3.97. The summed E-state index contributed by atoms with van der Waals surface area (Å²) in [7, 11) is 0. The maximum absolute atomic E-state index is 14.2. The molecule has 3 rings (SSSR count). The fraction of sp³-hybridized carbons (Fsp3) is 0.545. The van der Waals surface area contributed by atoms with Crippen LogP contribution in [-0.4, -0.2) is 48.6 Å². The van der Waals surface area contributed by atoms with E-state index in [1.165, 1.54) is 10.9 Å². The molecule has 7 nitrogen and oxygen atoms in total. The standard InChI is InChI=1S/C11H13ClFN5O2/c12-9-7-10(17-11(14)16-9)18(3-15-7)5-1-4(2-19)8(20)6(5)13/h3-6,8,19-20H,1-2H2,(H2,14,16,17)/t4-,5-,6-,8-/m1/s1. The highest BCUT2D eigenvalue weighted by molar-refractivity contribution is 6.33. The molecule has 0 spiro atoms. The van der Waals surface area contributed by atoms with Gasteiger partial charge in [0.05, 0.1) is 18.5 Å². The Kier molecular flexibility index (Phi) is 3.23. The van der Waals surface area contributed by atoms with E-state index >= 15 is 0 Å². The number of hydrogen-bond donors (Lipinski definition) is 3. The molecule has 4 N–H and O–H groups in total. The van der Waals surface area contributed by atoms with E-state index in [4.69, 9.17) is 22.4 Å². The molecule has 4 atom stereocenters. The van der Waals surface area contributed by atoms with Gasteiger partial charge in [-0.05, 0) is 6.42 Å². The Morgan fingerprint density at radius 1 is 1.50 bits per heavy atom. The van der Waals surface area contributed by atoms with Crippen molar-refractivity contribution < 1.29 is 14.6 Å². The van der Waals surface area contributed by atoms with Gasteiger partial charge >= 0.3 is 0 Å². The van der Waals surface area contributed by atoms with Gasteiger partial charge in [-0.1, -0.05) is 11.6 Å². The van der Waals surface area contributed by atoms with Gasteiger partial charge in [-0.25, -0.2) is 9.37 Å². The SMILES string of the molecule is Nc1nc(Cl)c2ncn([C@@H]3C[C@H](CO)[C@@H](O)[C@@H]3F)c2n1. The number of halogens is 2. The summed E-state index contributed by atoms with van der Waals surface area (Å²) in [5.41, 5.74) is 6.18. The zero-order valence-corrected chi connectivity index (χ0v) is 11.1. The van der Waals surface area contributed by atoms with Crippen LogP contribution in [0.1, 0.15) is 12.5 Å². The van der Waals surface area contributed by atoms with Crippen LogP contribution in [0.5, 0.6) is 0 Å². The molecule has 1 aliphatic rings. The van der Waals surface area contributed by atoms with Gasteiger partial charge in [-0.2, -0.15) is 9.97 Å². The third kappa shape index (κ3) is 1.91. The lowest BCUT2D eigenvalue weighted by Crippen LogP contribution is -2.27. The van der Waals surface area contributed by atoms with Crippen molar-refractivity contribution >= 4 is 28.7 Å². The van der Waals surface area contributed by atoms with Crippen molar-refractivity contribution in [2.75, 3.05) is 12.3 Å². The Morgan fingerprint density at radius 2 is 2.25 bits per heavy atom. The van der Waals surface area contributed by atoms with Crippen LogP contribution in [0.25, 0.3) is 11.2 Å². The zero-order valence-electron chi connectivity index (χ0n) is 10.3. The Morgan fingerprint density at radius 3 is 2.90 bits per heavy atom. The number of alkyl halides is 1. The molecule has 1 aliphatic carbocycles. The van der Waals surface area contributed by atoms with Crippen molar-refractivity contribution in [3.05, 3.63) is 11.5 Å². The van der Waals surface area contributed by atoms with Gasteiger partial charge in [0.1, 0.15) is 11.7 Å². The lowest BCUT2D eigenvalue weighted by Gasteiger charge is -2.16. The Labute approximate surface area is 118 Å². The summed E-state index contributed by atoms with van der Waals surface area (Å²) in [4.78, 5) is 11.9. The molecule has 0 bridgehead atoms. The minimum atomic E-state index is -1.51. The molecule has 2 aromatic heterocycles. The first-order valence-electron chi connectivity index (χ1n) is 6.11. The van der Waals surface area contributed by atoms with Gasteiger partial charge in [0.25, 0.3) is 0 Å². The number of anilines is 1. The van der Waals surface area contributed by atoms with E-state index in [1.54, 1.807) is 0 Å². The van der Waals surface area contributed by atoms with Crippen LogP contribution in [0.2, 0.25) is 5.15 Å². The maximum atomic E-state index is 14.2. The number of rotatable bonds is 2. The maximum Gasteiger partial charge on any atom is 0.223 e. The Hall–Kier alpha value is -1.51. The van der Waals surface area contributed by atoms with E-state index in [0.717, 1.165) is 0 Å². The number of nitrogens with zero attached hydrogens (tertiary/aromatic N) is 4. The topological polar surface area (TPSA) is 110 Å². The van der Waals surface area contributed by atoms with E-state index in [2.05, 4.69) is 15.0 Å². The minimum Gasteiger partial charge on any atom is -0.396 e. The predicted molar refractivity (Wildman–Crippen MR) is 69.9 cm³/mol. The molecule has 2 heterocycles. The molecular formula is C11H13ClFN5O2. The van der Waals surface area contributed by atoms with Gasteiger partial charge in [0.15, 0.2) is 10.8 Å². The van der Waals surface area contributed by atoms with E-state index in [1.807, 2.05) is 0 Å². The second-order valence-corrected chi connectivity index (χ2v) is 5.24. The van der Waals surface area contributed by atoms with Crippen LogP contribution >= 0.6 is 11.6 Å². The van der Waals surface area contributed by atoms with Gasteiger partial charge in [0, 0.05) is 12.5 Å². The number of aliphatic hydroxyl groups is 2. The van der Waals surface area contributed by atoms with Crippen LogP contribution in [-0.2, 0) is 0 Å². The van der Waals surface area contributed by atoms with Gasteiger partial charge in [0.2, 0.25) is 5.95 Å². The monoisotopic (exact) mass is 301 g/mol. The van der Waals surface area contributed by atoms with Crippen molar-refractivity contribution in [3.8, 4) is 0 Å². The highest BCUT2D eigenvalue weighted by atomic mass is 35.5. The van der Waals surface area contributed by atoms with Crippen LogP contribution in [0.4, 0.5) is 10.3 Å². The highest BCUT2D eigenvalue weighted by Crippen LogP contribution is 2.38. The van der Waals surface area contributed by atoms with Crippen molar-refractivity contribution in [1.29, 1.82) is 0 Å². The number of imidazole rings is 1. The van der Waals surface area contributed by atoms with E-state index in [9.17, 15) is 9.50 Å².